The zero-order valence-corrected chi connectivity index (χ0v) is 12.4. The van der Waals surface area contributed by atoms with Crippen molar-refractivity contribution in [2.24, 2.45) is 5.92 Å². The molecule has 0 aromatic heterocycles. The van der Waals surface area contributed by atoms with Crippen LogP contribution >= 0.6 is 27.5 Å². The molecular weight excluding hydrogens is 300 g/mol. The number of ether oxygens (including phenoxy) is 1. The largest absolute Gasteiger partial charge is 0.496 e. The van der Waals surface area contributed by atoms with Crippen molar-refractivity contribution in [2.45, 2.75) is 37.5 Å². The van der Waals surface area contributed by atoms with E-state index in [0.29, 0.717) is 11.3 Å². The lowest BCUT2D eigenvalue weighted by Gasteiger charge is -2.27. The number of hydrogen-bond acceptors (Lipinski definition) is 1. The molecule has 1 aliphatic carbocycles. The third-order valence-corrected chi connectivity index (χ3v) is 4.72. The molecule has 0 spiro atoms. The van der Waals surface area contributed by atoms with Crippen LogP contribution in [0.2, 0.25) is 0 Å². The second-order valence-corrected chi connectivity index (χ2v) is 6.15. The predicted octanol–water partition coefficient (Wildman–Crippen LogP) is 4.80. The van der Waals surface area contributed by atoms with Crippen molar-refractivity contribution in [1.29, 1.82) is 0 Å². The molecule has 1 aromatic carbocycles. The minimum atomic E-state index is 0.352. The van der Waals surface area contributed by atoms with E-state index < -0.39 is 0 Å². The maximum atomic E-state index is 6.39. The first-order valence-corrected chi connectivity index (χ1v) is 7.40. The monoisotopic (exact) mass is 316 g/mol. The highest BCUT2D eigenvalue weighted by molar-refractivity contribution is 9.10. The van der Waals surface area contributed by atoms with Gasteiger partial charge in [-0.1, -0.05) is 18.9 Å². The number of halogens is 2. The summed E-state index contributed by atoms with van der Waals surface area (Å²) in [6.45, 7) is 0. The second kappa shape index (κ2) is 6.10. The smallest absolute Gasteiger partial charge is 0.133 e. The Morgan fingerprint density at radius 3 is 2.76 bits per heavy atom. The summed E-state index contributed by atoms with van der Waals surface area (Å²) in [5.74, 6) is 1.52. The molecule has 3 heteroatoms. The van der Waals surface area contributed by atoms with Crippen molar-refractivity contribution in [3.63, 3.8) is 0 Å². The minimum absolute atomic E-state index is 0.352. The van der Waals surface area contributed by atoms with Gasteiger partial charge in [-0.25, -0.2) is 0 Å². The van der Waals surface area contributed by atoms with Gasteiger partial charge in [0.25, 0.3) is 0 Å². The van der Waals surface area contributed by atoms with Crippen LogP contribution in [-0.4, -0.2) is 12.5 Å². The Hall–Kier alpha value is -0.210. The fraction of sp³-hybridized carbons (Fsp3) is 0.571. The quantitative estimate of drug-likeness (QED) is 0.728. The van der Waals surface area contributed by atoms with Crippen LogP contribution in [0.3, 0.4) is 0 Å². The van der Waals surface area contributed by atoms with E-state index in [4.69, 9.17) is 16.3 Å². The zero-order chi connectivity index (χ0) is 12.3. The highest BCUT2D eigenvalue weighted by atomic mass is 79.9. The third-order valence-electron chi connectivity index (χ3n) is 3.53. The van der Waals surface area contributed by atoms with E-state index in [1.807, 2.05) is 6.07 Å². The van der Waals surface area contributed by atoms with E-state index in [0.717, 1.165) is 16.6 Å². The Balaban J connectivity index is 2.05. The Morgan fingerprint density at radius 2 is 2.12 bits per heavy atom. The molecule has 0 aliphatic heterocycles. The molecule has 1 fully saturated rings. The summed E-state index contributed by atoms with van der Waals surface area (Å²) in [5, 5.41) is 0.352. The van der Waals surface area contributed by atoms with Gasteiger partial charge in [-0.05, 0) is 58.8 Å². The van der Waals surface area contributed by atoms with Crippen LogP contribution < -0.4 is 4.74 Å². The highest BCUT2D eigenvalue weighted by Crippen LogP contribution is 2.33. The lowest BCUT2D eigenvalue weighted by atomic mass is 9.84. The lowest BCUT2D eigenvalue weighted by Crippen LogP contribution is -2.21. The van der Waals surface area contributed by atoms with E-state index in [1.54, 1.807) is 7.11 Å². The molecule has 0 amide bonds. The van der Waals surface area contributed by atoms with Gasteiger partial charge in [0, 0.05) is 5.38 Å². The summed E-state index contributed by atoms with van der Waals surface area (Å²) in [7, 11) is 1.69. The van der Waals surface area contributed by atoms with Gasteiger partial charge in [0.2, 0.25) is 0 Å². The summed E-state index contributed by atoms with van der Waals surface area (Å²) in [6.07, 6.45) is 6.13. The highest BCUT2D eigenvalue weighted by Gasteiger charge is 2.23. The van der Waals surface area contributed by atoms with Crippen LogP contribution in [0, 0.1) is 5.92 Å². The van der Waals surface area contributed by atoms with Gasteiger partial charge in [0.15, 0.2) is 0 Å². The van der Waals surface area contributed by atoms with Crippen molar-refractivity contribution in [3.05, 3.63) is 28.2 Å². The van der Waals surface area contributed by atoms with E-state index >= 15 is 0 Å². The molecule has 1 saturated carbocycles. The molecule has 0 heterocycles. The standard InChI is InChI=1S/C14H18BrClO/c1-17-14-7-6-10(9-12(14)15)8-11-4-2-3-5-13(11)16/h6-7,9,11,13H,2-5,8H2,1H3. The molecule has 1 aliphatic rings. The number of methoxy groups -OCH3 is 1. The molecule has 0 N–H and O–H groups in total. The number of benzene rings is 1. The molecule has 1 aromatic rings. The Bertz CT molecular complexity index is 380. The maximum absolute atomic E-state index is 6.39. The fourth-order valence-electron chi connectivity index (χ4n) is 2.53. The maximum Gasteiger partial charge on any atom is 0.133 e. The molecule has 0 bridgehead atoms. The van der Waals surface area contributed by atoms with Crippen molar-refractivity contribution < 1.29 is 4.74 Å². The van der Waals surface area contributed by atoms with Gasteiger partial charge >= 0.3 is 0 Å². The molecule has 0 radical (unpaired) electrons. The first kappa shape index (κ1) is 13.2. The van der Waals surface area contributed by atoms with Crippen LogP contribution in [0.5, 0.6) is 5.75 Å². The predicted molar refractivity (Wildman–Crippen MR) is 76.0 cm³/mol. The molecule has 0 saturated heterocycles. The molecule has 2 atom stereocenters. The summed E-state index contributed by atoms with van der Waals surface area (Å²) in [4.78, 5) is 0. The lowest BCUT2D eigenvalue weighted by molar-refractivity contribution is 0.363. The first-order chi connectivity index (χ1) is 8.20. The normalized spacial score (nSPS) is 24.6. The van der Waals surface area contributed by atoms with Crippen LogP contribution in [0.25, 0.3) is 0 Å². The van der Waals surface area contributed by atoms with Crippen molar-refractivity contribution in [2.75, 3.05) is 7.11 Å². The molecule has 94 valence electrons. The van der Waals surface area contributed by atoms with Crippen molar-refractivity contribution >= 4 is 27.5 Å². The van der Waals surface area contributed by atoms with Crippen LogP contribution in [0.1, 0.15) is 31.2 Å². The average molecular weight is 318 g/mol. The topological polar surface area (TPSA) is 9.23 Å². The van der Waals surface area contributed by atoms with Gasteiger partial charge in [-0.15, -0.1) is 11.6 Å². The minimum Gasteiger partial charge on any atom is -0.496 e. The van der Waals surface area contributed by atoms with E-state index in [1.165, 1.54) is 31.2 Å². The number of alkyl halides is 1. The first-order valence-electron chi connectivity index (χ1n) is 6.17. The summed E-state index contributed by atoms with van der Waals surface area (Å²) in [6, 6.07) is 6.31. The van der Waals surface area contributed by atoms with Gasteiger partial charge in [0.05, 0.1) is 11.6 Å². The van der Waals surface area contributed by atoms with Crippen LogP contribution in [0.4, 0.5) is 0 Å². The Kier molecular flexibility index (Phi) is 4.75. The van der Waals surface area contributed by atoms with Crippen molar-refractivity contribution in [3.8, 4) is 5.75 Å². The second-order valence-electron chi connectivity index (χ2n) is 4.73. The van der Waals surface area contributed by atoms with Crippen molar-refractivity contribution in [1.82, 2.24) is 0 Å². The molecule has 2 rings (SSSR count). The van der Waals surface area contributed by atoms with E-state index in [2.05, 4.69) is 28.1 Å². The number of hydrogen-bond donors (Lipinski definition) is 0. The van der Waals surface area contributed by atoms with Gasteiger partial charge < -0.3 is 4.74 Å². The average Bonchev–Trinajstić information content (AvgIpc) is 2.32. The summed E-state index contributed by atoms with van der Waals surface area (Å²) in [5.41, 5.74) is 1.34. The number of rotatable bonds is 3. The Labute approximate surface area is 117 Å². The summed E-state index contributed by atoms with van der Waals surface area (Å²) >= 11 is 9.92. The fourth-order valence-corrected chi connectivity index (χ4v) is 3.49. The molecule has 1 nitrogen and oxygen atoms in total. The van der Waals surface area contributed by atoms with E-state index in [-0.39, 0.29) is 0 Å². The van der Waals surface area contributed by atoms with Crippen LogP contribution in [0.15, 0.2) is 22.7 Å². The van der Waals surface area contributed by atoms with Crippen LogP contribution in [-0.2, 0) is 6.42 Å². The zero-order valence-electron chi connectivity index (χ0n) is 10.1. The third kappa shape index (κ3) is 3.38. The van der Waals surface area contributed by atoms with Gasteiger partial charge in [0.1, 0.15) is 5.75 Å². The summed E-state index contributed by atoms with van der Waals surface area (Å²) < 4.78 is 6.27. The molecule has 17 heavy (non-hydrogen) atoms. The van der Waals surface area contributed by atoms with Gasteiger partial charge in [-0.2, -0.15) is 0 Å². The van der Waals surface area contributed by atoms with Gasteiger partial charge in [-0.3, -0.25) is 0 Å². The Morgan fingerprint density at radius 1 is 1.35 bits per heavy atom. The van der Waals surface area contributed by atoms with E-state index in [9.17, 15) is 0 Å². The molecule has 2 unspecified atom stereocenters. The molecular formula is C14H18BrClO. The SMILES string of the molecule is COc1ccc(CC2CCCCC2Cl)cc1Br.